The van der Waals surface area contributed by atoms with E-state index in [1.807, 2.05) is 48.5 Å². The third-order valence-corrected chi connectivity index (χ3v) is 4.52. The molecule has 3 heteroatoms. The third-order valence-electron chi connectivity index (χ3n) is 4.52. The predicted octanol–water partition coefficient (Wildman–Crippen LogP) is 3.55. The molecule has 0 bridgehead atoms. The first-order valence-electron chi connectivity index (χ1n) is 7.71. The van der Waals surface area contributed by atoms with E-state index in [0.717, 1.165) is 16.9 Å². The first kappa shape index (κ1) is 13.8. The summed E-state index contributed by atoms with van der Waals surface area (Å²) in [7, 11) is 0. The highest BCUT2D eigenvalue weighted by atomic mass is 16.5. The van der Waals surface area contributed by atoms with Gasteiger partial charge in [-0.2, -0.15) is 0 Å². The number of hydrogen-bond acceptors (Lipinski definition) is 2. The molecule has 0 saturated carbocycles. The summed E-state index contributed by atoms with van der Waals surface area (Å²) in [6, 6.07) is 22.2. The van der Waals surface area contributed by atoms with Gasteiger partial charge in [0.15, 0.2) is 0 Å². The largest absolute Gasteiger partial charge is 0.481 e. The van der Waals surface area contributed by atoms with E-state index in [0.29, 0.717) is 6.42 Å². The number of nitrogens with two attached hydrogens (primary N) is 1. The average molecular weight is 303 g/mol. The Morgan fingerprint density at radius 3 is 2.52 bits per heavy atom. The molecule has 1 aliphatic rings. The molecule has 0 aromatic heterocycles. The smallest absolute Gasteiger partial charge is 0.221 e. The highest BCUT2D eigenvalue weighted by Crippen LogP contribution is 2.46. The zero-order valence-electron chi connectivity index (χ0n) is 12.7. The van der Waals surface area contributed by atoms with Crippen molar-refractivity contribution in [3.05, 3.63) is 77.9 Å². The molecule has 3 aromatic rings. The van der Waals surface area contributed by atoms with Gasteiger partial charge in [0.1, 0.15) is 11.4 Å². The standard InChI is InChI=1S/C20H17NO2/c21-19(22)13-20(15-7-2-1-3-8-15)12-17-16-9-5-4-6-14(16)10-11-18(17)23-20/h1-11H,12-13H2,(H2,21,22). The molecule has 3 aromatic carbocycles. The minimum absolute atomic E-state index is 0.167. The number of rotatable bonds is 3. The molecule has 0 saturated heterocycles. The number of benzene rings is 3. The zero-order valence-corrected chi connectivity index (χ0v) is 12.7. The number of carbonyl (C=O) groups is 1. The first-order chi connectivity index (χ1) is 11.2. The number of carbonyl (C=O) groups excluding carboxylic acids is 1. The maximum Gasteiger partial charge on any atom is 0.221 e. The Labute approximate surface area is 134 Å². The number of ether oxygens (including phenoxy) is 1. The Morgan fingerprint density at radius 2 is 1.74 bits per heavy atom. The lowest BCUT2D eigenvalue weighted by molar-refractivity contribution is -0.121. The van der Waals surface area contributed by atoms with Crippen molar-refractivity contribution in [2.75, 3.05) is 0 Å². The zero-order chi connectivity index (χ0) is 15.9. The van der Waals surface area contributed by atoms with E-state index < -0.39 is 5.60 Å². The fraction of sp³-hybridized carbons (Fsp3) is 0.150. The van der Waals surface area contributed by atoms with Crippen LogP contribution in [-0.2, 0) is 16.8 Å². The van der Waals surface area contributed by atoms with Crippen LogP contribution in [-0.4, -0.2) is 5.91 Å². The van der Waals surface area contributed by atoms with Crippen molar-refractivity contribution >= 4 is 16.7 Å². The van der Waals surface area contributed by atoms with Crippen molar-refractivity contribution in [2.45, 2.75) is 18.4 Å². The maximum atomic E-state index is 11.7. The van der Waals surface area contributed by atoms with Gasteiger partial charge in [-0.05, 0) is 22.4 Å². The summed E-state index contributed by atoms with van der Waals surface area (Å²) in [6.07, 6.45) is 0.816. The summed E-state index contributed by atoms with van der Waals surface area (Å²) in [5.41, 5.74) is 6.95. The molecule has 2 N–H and O–H groups in total. The fourth-order valence-electron chi connectivity index (χ4n) is 3.51. The Morgan fingerprint density at radius 1 is 1.00 bits per heavy atom. The number of amides is 1. The van der Waals surface area contributed by atoms with E-state index in [1.165, 1.54) is 10.8 Å². The lowest BCUT2D eigenvalue weighted by atomic mass is 9.85. The molecule has 4 rings (SSSR count). The van der Waals surface area contributed by atoms with Crippen LogP contribution in [0.2, 0.25) is 0 Å². The highest BCUT2D eigenvalue weighted by molar-refractivity contribution is 5.88. The molecule has 0 radical (unpaired) electrons. The SMILES string of the molecule is NC(=O)CC1(c2ccccc2)Cc2c(ccc3ccccc23)O1. The Hall–Kier alpha value is -2.81. The van der Waals surface area contributed by atoms with Crippen LogP contribution in [0.5, 0.6) is 5.75 Å². The van der Waals surface area contributed by atoms with Gasteiger partial charge in [-0.15, -0.1) is 0 Å². The Balaban J connectivity index is 1.87. The molecule has 1 heterocycles. The maximum absolute atomic E-state index is 11.7. The summed E-state index contributed by atoms with van der Waals surface area (Å²) in [5.74, 6) is 0.486. The molecule has 1 atom stereocenters. The summed E-state index contributed by atoms with van der Waals surface area (Å²) in [4.78, 5) is 11.7. The molecule has 3 nitrogen and oxygen atoms in total. The lowest BCUT2D eigenvalue weighted by Gasteiger charge is -2.28. The minimum atomic E-state index is -0.709. The van der Waals surface area contributed by atoms with Crippen LogP contribution < -0.4 is 10.5 Å². The van der Waals surface area contributed by atoms with Crippen molar-refractivity contribution < 1.29 is 9.53 Å². The second-order valence-electron chi connectivity index (χ2n) is 6.05. The van der Waals surface area contributed by atoms with Crippen LogP contribution in [0.1, 0.15) is 17.5 Å². The van der Waals surface area contributed by atoms with E-state index in [2.05, 4.69) is 18.2 Å². The molecule has 0 aliphatic carbocycles. The Bertz CT molecular complexity index is 889. The third kappa shape index (κ3) is 2.25. The van der Waals surface area contributed by atoms with Gasteiger partial charge >= 0.3 is 0 Å². The summed E-state index contributed by atoms with van der Waals surface area (Å²) in [5, 5.41) is 2.35. The van der Waals surface area contributed by atoms with Gasteiger partial charge in [0.05, 0.1) is 6.42 Å². The summed E-state index contributed by atoms with van der Waals surface area (Å²) >= 11 is 0. The molecule has 0 fully saturated rings. The van der Waals surface area contributed by atoms with Gasteiger partial charge in [-0.1, -0.05) is 60.7 Å². The molecular weight excluding hydrogens is 286 g/mol. The molecular formula is C20H17NO2. The first-order valence-corrected chi connectivity index (χ1v) is 7.71. The van der Waals surface area contributed by atoms with Crippen LogP contribution in [0.15, 0.2) is 66.7 Å². The van der Waals surface area contributed by atoms with Gasteiger partial charge in [-0.25, -0.2) is 0 Å². The van der Waals surface area contributed by atoms with Crippen LogP contribution in [0, 0.1) is 0 Å². The van der Waals surface area contributed by atoms with E-state index in [9.17, 15) is 4.79 Å². The van der Waals surface area contributed by atoms with E-state index >= 15 is 0 Å². The average Bonchev–Trinajstić information content (AvgIpc) is 2.95. The van der Waals surface area contributed by atoms with Crippen LogP contribution in [0.3, 0.4) is 0 Å². The highest BCUT2D eigenvalue weighted by Gasteiger charge is 2.43. The van der Waals surface area contributed by atoms with Crippen molar-refractivity contribution in [2.24, 2.45) is 5.73 Å². The number of hydrogen-bond donors (Lipinski definition) is 1. The molecule has 1 unspecified atom stereocenters. The molecule has 1 aliphatic heterocycles. The van der Waals surface area contributed by atoms with Gasteiger partial charge in [0, 0.05) is 12.0 Å². The van der Waals surface area contributed by atoms with Gasteiger partial charge in [0.2, 0.25) is 5.91 Å². The van der Waals surface area contributed by atoms with Gasteiger partial charge < -0.3 is 10.5 Å². The Kier molecular flexibility index (Phi) is 3.08. The van der Waals surface area contributed by atoms with Crippen molar-refractivity contribution in [1.29, 1.82) is 0 Å². The summed E-state index contributed by atoms with van der Waals surface area (Å²) in [6.45, 7) is 0. The monoisotopic (exact) mass is 303 g/mol. The minimum Gasteiger partial charge on any atom is -0.481 e. The number of primary amides is 1. The van der Waals surface area contributed by atoms with E-state index in [-0.39, 0.29) is 12.3 Å². The van der Waals surface area contributed by atoms with Crippen LogP contribution in [0.4, 0.5) is 0 Å². The van der Waals surface area contributed by atoms with Crippen molar-refractivity contribution in [1.82, 2.24) is 0 Å². The van der Waals surface area contributed by atoms with E-state index in [1.54, 1.807) is 0 Å². The topological polar surface area (TPSA) is 52.3 Å². The normalized spacial score (nSPS) is 19.3. The lowest BCUT2D eigenvalue weighted by Crippen LogP contribution is -2.36. The van der Waals surface area contributed by atoms with Crippen LogP contribution in [0.25, 0.3) is 10.8 Å². The fourth-order valence-corrected chi connectivity index (χ4v) is 3.51. The van der Waals surface area contributed by atoms with Gasteiger partial charge in [0.25, 0.3) is 0 Å². The second kappa shape index (κ2) is 5.13. The molecule has 23 heavy (non-hydrogen) atoms. The number of fused-ring (bicyclic) bond motifs is 3. The predicted molar refractivity (Wildman–Crippen MR) is 90.2 cm³/mol. The molecule has 1 amide bonds. The van der Waals surface area contributed by atoms with Crippen LogP contribution >= 0.6 is 0 Å². The van der Waals surface area contributed by atoms with Gasteiger partial charge in [-0.3, -0.25) is 4.79 Å². The van der Waals surface area contributed by atoms with Crippen molar-refractivity contribution in [3.63, 3.8) is 0 Å². The molecule has 114 valence electrons. The van der Waals surface area contributed by atoms with Crippen molar-refractivity contribution in [3.8, 4) is 5.75 Å². The molecule has 0 spiro atoms. The summed E-state index contributed by atoms with van der Waals surface area (Å²) < 4.78 is 6.30. The van der Waals surface area contributed by atoms with E-state index in [4.69, 9.17) is 10.5 Å². The second-order valence-corrected chi connectivity index (χ2v) is 6.05. The quantitative estimate of drug-likeness (QED) is 0.804.